The summed E-state index contributed by atoms with van der Waals surface area (Å²) in [6.45, 7) is 5.32. The molecular weight excluding hydrogens is 95.5 g/mol. The summed E-state index contributed by atoms with van der Waals surface area (Å²) in [7, 11) is 0. The number of hydrogen-bond donors (Lipinski definition) is 0. The molecule has 0 rings (SSSR count). The van der Waals surface area contributed by atoms with Crippen LogP contribution >= 0.6 is 11.6 Å². The Hall–Kier alpha value is -0.230. The lowest BCUT2D eigenvalue weighted by Crippen LogP contribution is -1.48. The molecule has 0 aromatic heterocycles. The minimum atomic E-state index is 0.581. The van der Waals surface area contributed by atoms with Crippen LogP contribution in [0.15, 0.2) is 23.8 Å². The van der Waals surface area contributed by atoms with E-state index in [0.717, 1.165) is 0 Å². The normalized spacial score (nSPS) is 9.67. The topological polar surface area (TPSA) is 0 Å². The molecule has 0 aromatic carbocycles. The summed E-state index contributed by atoms with van der Waals surface area (Å²) >= 11 is 5.30. The third-order valence-electron chi connectivity index (χ3n) is 0.348. The zero-order chi connectivity index (χ0) is 4.99. The molecule has 0 bridgehead atoms. The zero-order valence-corrected chi connectivity index (χ0v) is 4.50. The molecule has 0 saturated carbocycles. The van der Waals surface area contributed by atoms with Crippen LogP contribution in [-0.2, 0) is 0 Å². The number of allylic oxidation sites excluding steroid dienone is 3. The van der Waals surface area contributed by atoms with Gasteiger partial charge in [0.2, 0.25) is 0 Å². The molecule has 0 heterocycles. The molecule has 0 radical (unpaired) electrons. The molecule has 0 aliphatic rings. The first kappa shape index (κ1) is 5.77. The van der Waals surface area contributed by atoms with Crippen LogP contribution in [-0.4, -0.2) is 0 Å². The maximum absolute atomic E-state index is 5.30. The van der Waals surface area contributed by atoms with Crippen molar-refractivity contribution >= 4 is 11.6 Å². The Bertz CT molecular complexity index is 72.0. The lowest BCUT2D eigenvalue weighted by atomic mass is 10.5. The van der Waals surface area contributed by atoms with Gasteiger partial charge in [0.1, 0.15) is 0 Å². The highest BCUT2D eigenvalue weighted by Gasteiger charge is 1.67. The van der Waals surface area contributed by atoms with E-state index in [4.69, 9.17) is 11.6 Å². The molecule has 0 saturated heterocycles. The molecule has 0 N–H and O–H groups in total. The molecule has 0 amide bonds. The van der Waals surface area contributed by atoms with E-state index in [2.05, 4.69) is 6.58 Å². The number of rotatable bonds is 1. The fraction of sp³-hybridized carbons (Fsp3) is 0.200. The lowest BCUT2D eigenvalue weighted by molar-refractivity contribution is 1.73. The maximum Gasteiger partial charge on any atom is 0.0330 e. The van der Waals surface area contributed by atoms with E-state index in [9.17, 15) is 0 Å². The molecule has 0 aliphatic heterocycles. The molecule has 0 aliphatic carbocycles. The molecule has 34 valence electrons. The van der Waals surface area contributed by atoms with Crippen molar-refractivity contribution in [2.75, 3.05) is 0 Å². The van der Waals surface area contributed by atoms with Gasteiger partial charge in [-0.3, -0.25) is 0 Å². The van der Waals surface area contributed by atoms with E-state index in [1.54, 1.807) is 6.08 Å². The van der Waals surface area contributed by atoms with Gasteiger partial charge in [-0.15, -0.1) is 0 Å². The SMILES string of the molecule is C=C(Cl)/C=C\C. The molecule has 0 fully saturated rings. The van der Waals surface area contributed by atoms with Crippen LogP contribution in [0.1, 0.15) is 6.92 Å². The standard InChI is InChI=1S/C5H7Cl/c1-3-4-5(2)6/h3-4H,2H2,1H3/b4-3-. The van der Waals surface area contributed by atoms with Gasteiger partial charge in [-0.25, -0.2) is 0 Å². The lowest BCUT2D eigenvalue weighted by Gasteiger charge is -1.72. The average molecular weight is 103 g/mol. The maximum atomic E-state index is 5.30. The number of halogens is 1. The quantitative estimate of drug-likeness (QED) is 0.446. The molecular formula is C5H7Cl. The van der Waals surface area contributed by atoms with E-state index in [0.29, 0.717) is 5.03 Å². The van der Waals surface area contributed by atoms with E-state index < -0.39 is 0 Å². The Balaban J connectivity index is 3.30. The first-order valence-electron chi connectivity index (χ1n) is 1.74. The second kappa shape index (κ2) is 2.98. The van der Waals surface area contributed by atoms with Crippen molar-refractivity contribution in [1.29, 1.82) is 0 Å². The van der Waals surface area contributed by atoms with Gasteiger partial charge < -0.3 is 0 Å². The molecule has 0 nitrogen and oxygen atoms in total. The fourth-order valence-corrected chi connectivity index (χ4v) is 0.307. The largest absolute Gasteiger partial charge is 0.0862 e. The Morgan fingerprint density at radius 3 is 2.33 bits per heavy atom. The highest BCUT2D eigenvalue weighted by molar-refractivity contribution is 6.30. The summed E-state index contributed by atoms with van der Waals surface area (Å²) in [5.74, 6) is 0. The van der Waals surface area contributed by atoms with Gasteiger partial charge in [-0.05, 0) is 13.0 Å². The van der Waals surface area contributed by atoms with Gasteiger partial charge in [-0.1, -0.05) is 24.3 Å². The van der Waals surface area contributed by atoms with Crippen molar-refractivity contribution in [2.45, 2.75) is 6.92 Å². The monoisotopic (exact) mass is 102 g/mol. The highest BCUT2D eigenvalue weighted by atomic mass is 35.5. The van der Waals surface area contributed by atoms with Gasteiger partial charge in [-0.2, -0.15) is 0 Å². The Morgan fingerprint density at radius 1 is 1.83 bits per heavy atom. The van der Waals surface area contributed by atoms with Crippen molar-refractivity contribution in [1.82, 2.24) is 0 Å². The van der Waals surface area contributed by atoms with E-state index >= 15 is 0 Å². The zero-order valence-electron chi connectivity index (χ0n) is 3.74. The van der Waals surface area contributed by atoms with Crippen molar-refractivity contribution in [3.63, 3.8) is 0 Å². The molecule has 0 unspecified atom stereocenters. The van der Waals surface area contributed by atoms with Crippen molar-refractivity contribution < 1.29 is 0 Å². The fourth-order valence-electron chi connectivity index (χ4n) is 0.181. The predicted octanol–water partition coefficient (Wildman–Crippen LogP) is 2.32. The minimum Gasteiger partial charge on any atom is -0.0862 e. The van der Waals surface area contributed by atoms with Crippen LogP contribution in [0.4, 0.5) is 0 Å². The summed E-state index contributed by atoms with van der Waals surface area (Å²) in [5, 5.41) is 0.581. The van der Waals surface area contributed by atoms with E-state index in [-0.39, 0.29) is 0 Å². The predicted molar refractivity (Wildman–Crippen MR) is 29.8 cm³/mol. The van der Waals surface area contributed by atoms with Crippen LogP contribution in [0.5, 0.6) is 0 Å². The van der Waals surface area contributed by atoms with Crippen LogP contribution in [0.25, 0.3) is 0 Å². The smallest absolute Gasteiger partial charge is 0.0330 e. The third kappa shape index (κ3) is 3.77. The van der Waals surface area contributed by atoms with E-state index in [1.807, 2.05) is 13.0 Å². The van der Waals surface area contributed by atoms with Gasteiger partial charge in [0.15, 0.2) is 0 Å². The Morgan fingerprint density at radius 2 is 2.33 bits per heavy atom. The van der Waals surface area contributed by atoms with Crippen molar-refractivity contribution in [3.05, 3.63) is 23.8 Å². The van der Waals surface area contributed by atoms with Crippen molar-refractivity contribution in [2.24, 2.45) is 0 Å². The molecule has 6 heavy (non-hydrogen) atoms. The molecule has 0 aromatic rings. The second-order valence-corrected chi connectivity index (χ2v) is 1.43. The first-order valence-corrected chi connectivity index (χ1v) is 2.12. The molecule has 1 heteroatoms. The summed E-state index contributed by atoms with van der Waals surface area (Å²) in [6.07, 6.45) is 3.58. The van der Waals surface area contributed by atoms with Crippen molar-refractivity contribution in [3.8, 4) is 0 Å². The Labute approximate surface area is 43.1 Å². The second-order valence-electron chi connectivity index (χ2n) is 0.947. The van der Waals surface area contributed by atoms with Crippen LogP contribution in [0, 0.1) is 0 Å². The average Bonchev–Trinajstić information content (AvgIpc) is 1.35. The summed E-state index contributed by atoms with van der Waals surface area (Å²) < 4.78 is 0. The van der Waals surface area contributed by atoms with E-state index in [1.165, 1.54) is 0 Å². The van der Waals surface area contributed by atoms with Gasteiger partial charge >= 0.3 is 0 Å². The van der Waals surface area contributed by atoms with Gasteiger partial charge in [0.25, 0.3) is 0 Å². The highest BCUT2D eigenvalue weighted by Crippen LogP contribution is 1.95. The van der Waals surface area contributed by atoms with Crippen LogP contribution < -0.4 is 0 Å². The van der Waals surface area contributed by atoms with Gasteiger partial charge in [0.05, 0.1) is 0 Å². The van der Waals surface area contributed by atoms with Gasteiger partial charge in [0, 0.05) is 5.03 Å². The number of hydrogen-bond acceptors (Lipinski definition) is 0. The minimum absolute atomic E-state index is 0.581. The first-order chi connectivity index (χ1) is 2.77. The summed E-state index contributed by atoms with van der Waals surface area (Å²) in [5.41, 5.74) is 0. The van der Waals surface area contributed by atoms with Crippen LogP contribution in [0.3, 0.4) is 0 Å². The molecule has 0 atom stereocenters. The molecule has 0 spiro atoms. The van der Waals surface area contributed by atoms with Crippen LogP contribution in [0.2, 0.25) is 0 Å². The summed E-state index contributed by atoms with van der Waals surface area (Å²) in [4.78, 5) is 0. The Kier molecular flexibility index (Phi) is 2.87. The summed E-state index contributed by atoms with van der Waals surface area (Å²) in [6, 6.07) is 0. The third-order valence-corrected chi connectivity index (χ3v) is 0.474.